The predicted molar refractivity (Wildman–Crippen MR) is 71.6 cm³/mol. The summed E-state index contributed by atoms with van der Waals surface area (Å²) in [5.74, 6) is -1.87. The van der Waals surface area contributed by atoms with Crippen LogP contribution in [0.3, 0.4) is 0 Å². The van der Waals surface area contributed by atoms with Crippen molar-refractivity contribution in [1.82, 2.24) is 0 Å². The smallest absolute Gasteiger partial charge is 0.224 e. The molecule has 0 aliphatic heterocycles. The second-order valence-electron chi connectivity index (χ2n) is 5.08. The third-order valence-electron chi connectivity index (χ3n) is 2.84. The van der Waals surface area contributed by atoms with E-state index in [2.05, 4.69) is 5.32 Å². The second-order valence-corrected chi connectivity index (χ2v) is 5.08. The Bertz CT molecular complexity index is 435. The van der Waals surface area contributed by atoms with Gasteiger partial charge in [0.2, 0.25) is 5.91 Å². The maximum absolute atomic E-state index is 13.4. The Morgan fingerprint density at radius 3 is 2.63 bits per heavy atom. The SMILES string of the molecule is CC(C)CC(CN)CC(=O)Nc1cccc(F)c1F. The summed E-state index contributed by atoms with van der Waals surface area (Å²) in [6.45, 7) is 4.50. The number of carbonyl (C=O) groups is 1. The average Bonchev–Trinajstić information content (AvgIpc) is 2.33. The van der Waals surface area contributed by atoms with Gasteiger partial charge >= 0.3 is 0 Å². The highest BCUT2D eigenvalue weighted by Gasteiger charge is 2.16. The van der Waals surface area contributed by atoms with E-state index in [9.17, 15) is 13.6 Å². The van der Waals surface area contributed by atoms with Crippen molar-refractivity contribution in [3.05, 3.63) is 29.8 Å². The number of nitrogens with one attached hydrogen (secondary N) is 1. The van der Waals surface area contributed by atoms with E-state index in [1.165, 1.54) is 12.1 Å². The standard InChI is InChI=1S/C14H20F2N2O/c1-9(2)6-10(8-17)7-13(19)18-12-5-3-4-11(15)14(12)16/h3-5,9-10H,6-8,17H2,1-2H3,(H,18,19). The predicted octanol–water partition coefficient (Wildman–Crippen LogP) is 2.91. The Balaban J connectivity index is 2.62. The molecule has 5 heteroatoms. The molecule has 0 aliphatic rings. The van der Waals surface area contributed by atoms with Gasteiger partial charge in [-0.05, 0) is 36.9 Å². The lowest BCUT2D eigenvalue weighted by molar-refractivity contribution is -0.117. The molecule has 19 heavy (non-hydrogen) atoms. The van der Waals surface area contributed by atoms with E-state index >= 15 is 0 Å². The zero-order chi connectivity index (χ0) is 14.4. The van der Waals surface area contributed by atoms with Gasteiger partial charge in [-0.15, -0.1) is 0 Å². The number of amides is 1. The van der Waals surface area contributed by atoms with Crippen molar-refractivity contribution >= 4 is 11.6 Å². The van der Waals surface area contributed by atoms with Crippen molar-refractivity contribution in [1.29, 1.82) is 0 Å². The maximum atomic E-state index is 13.4. The highest BCUT2D eigenvalue weighted by molar-refractivity contribution is 5.90. The highest BCUT2D eigenvalue weighted by atomic mass is 19.2. The molecule has 1 atom stereocenters. The number of benzene rings is 1. The second kappa shape index (κ2) is 7.19. The van der Waals surface area contributed by atoms with Crippen molar-refractivity contribution in [3.8, 4) is 0 Å². The minimum atomic E-state index is -1.04. The molecular weight excluding hydrogens is 250 g/mol. The van der Waals surface area contributed by atoms with Crippen molar-refractivity contribution < 1.29 is 13.6 Å². The fraction of sp³-hybridized carbons (Fsp3) is 0.500. The number of rotatable bonds is 6. The van der Waals surface area contributed by atoms with Crippen LogP contribution >= 0.6 is 0 Å². The highest BCUT2D eigenvalue weighted by Crippen LogP contribution is 2.19. The van der Waals surface area contributed by atoms with Crippen LogP contribution in [0, 0.1) is 23.5 Å². The molecule has 0 fully saturated rings. The third kappa shape index (κ3) is 4.95. The van der Waals surface area contributed by atoms with Gasteiger partial charge in [-0.2, -0.15) is 0 Å². The summed E-state index contributed by atoms with van der Waals surface area (Å²) >= 11 is 0. The molecule has 0 heterocycles. The molecule has 0 spiro atoms. The van der Waals surface area contributed by atoms with E-state index in [-0.39, 0.29) is 23.9 Å². The van der Waals surface area contributed by atoms with Gasteiger partial charge in [-0.1, -0.05) is 19.9 Å². The molecule has 3 nitrogen and oxygen atoms in total. The largest absolute Gasteiger partial charge is 0.330 e. The molecule has 3 N–H and O–H groups in total. The monoisotopic (exact) mass is 270 g/mol. The van der Waals surface area contributed by atoms with E-state index in [1.807, 2.05) is 13.8 Å². The molecular formula is C14H20F2N2O. The molecule has 1 aromatic carbocycles. The van der Waals surface area contributed by atoms with E-state index < -0.39 is 11.6 Å². The molecule has 0 saturated heterocycles. The van der Waals surface area contributed by atoms with E-state index in [1.54, 1.807) is 0 Å². The van der Waals surface area contributed by atoms with Gasteiger partial charge in [-0.25, -0.2) is 8.78 Å². The molecule has 1 amide bonds. The molecule has 0 saturated carbocycles. The van der Waals surface area contributed by atoms with Crippen molar-refractivity contribution in [2.45, 2.75) is 26.7 Å². The molecule has 0 bridgehead atoms. The Hall–Kier alpha value is -1.49. The van der Waals surface area contributed by atoms with Crippen LogP contribution in [0.5, 0.6) is 0 Å². The van der Waals surface area contributed by atoms with Crippen LogP contribution in [-0.2, 0) is 4.79 Å². The minimum Gasteiger partial charge on any atom is -0.330 e. The number of nitrogens with two attached hydrogens (primary N) is 1. The topological polar surface area (TPSA) is 55.1 Å². The molecule has 1 aromatic rings. The van der Waals surface area contributed by atoms with E-state index in [4.69, 9.17) is 5.73 Å². The maximum Gasteiger partial charge on any atom is 0.224 e. The van der Waals surface area contributed by atoms with Gasteiger partial charge < -0.3 is 11.1 Å². The van der Waals surface area contributed by atoms with Gasteiger partial charge in [0.25, 0.3) is 0 Å². The van der Waals surface area contributed by atoms with Gasteiger partial charge in [0.15, 0.2) is 11.6 Å². The summed E-state index contributed by atoms with van der Waals surface area (Å²) in [4.78, 5) is 11.8. The third-order valence-corrected chi connectivity index (χ3v) is 2.84. The fourth-order valence-corrected chi connectivity index (χ4v) is 1.99. The summed E-state index contributed by atoms with van der Waals surface area (Å²) in [5.41, 5.74) is 5.47. The van der Waals surface area contributed by atoms with Crippen molar-refractivity contribution in [2.24, 2.45) is 17.6 Å². The van der Waals surface area contributed by atoms with Gasteiger partial charge in [-0.3, -0.25) is 4.79 Å². The van der Waals surface area contributed by atoms with Gasteiger partial charge in [0.1, 0.15) is 0 Å². The summed E-state index contributed by atoms with van der Waals surface area (Å²) in [7, 11) is 0. The first-order valence-electron chi connectivity index (χ1n) is 6.38. The molecule has 1 rings (SSSR count). The van der Waals surface area contributed by atoms with E-state index in [0.717, 1.165) is 12.5 Å². The van der Waals surface area contributed by atoms with E-state index in [0.29, 0.717) is 12.5 Å². The molecule has 0 radical (unpaired) electrons. The molecule has 106 valence electrons. The Kier molecular flexibility index (Phi) is 5.89. The molecule has 0 aliphatic carbocycles. The first-order chi connectivity index (χ1) is 8.93. The zero-order valence-corrected chi connectivity index (χ0v) is 11.2. The van der Waals surface area contributed by atoms with Crippen LogP contribution in [0.4, 0.5) is 14.5 Å². The summed E-state index contributed by atoms with van der Waals surface area (Å²) in [5, 5.41) is 2.38. The number of halogens is 2. The Morgan fingerprint density at radius 2 is 2.05 bits per heavy atom. The Labute approximate surface area is 112 Å². The number of hydrogen-bond donors (Lipinski definition) is 2. The number of anilines is 1. The fourth-order valence-electron chi connectivity index (χ4n) is 1.99. The van der Waals surface area contributed by atoms with Crippen molar-refractivity contribution in [3.63, 3.8) is 0 Å². The molecule has 1 unspecified atom stereocenters. The first-order valence-corrected chi connectivity index (χ1v) is 6.38. The zero-order valence-electron chi connectivity index (χ0n) is 11.2. The summed E-state index contributed by atoms with van der Waals surface area (Å²) < 4.78 is 26.4. The number of carbonyl (C=O) groups excluding carboxylic acids is 1. The van der Waals surface area contributed by atoms with Crippen molar-refractivity contribution in [2.75, 3.05) is 11.9 Å². The van der Waals surface area contributed by atoms with Crippen LogP contribution < -0.4 is 11.1 Å². The minimum absolute atomic E-state index is 0.0524. The van der Waals surface area contributed by atoms with Crippen LogP contribution in [-0.4, -0.2) is 12.5 Å². The summed E-state index contributed by atoms with van der Waals surface area (Å²) in [6, 6.07) is 3.69. The average molecular weight is 270 g/mol. The quantitative estimate of drug-likeness (QED) is 0.835. The lowest BCUT2D eigenvalue weighted by Gasteiger charge is -2.16. The lowest BCUT2D eigenvalue weighted by atomic mass is 9.94. The van der Waals surface area contributed by atoms with Crippen LogP contribution in [0.25, 0.3) is 0 Å². The molecule has 0 aromatic heterocycles. The number of hydrogen-bond acceptors (Lipinski definition) is 2. The van der Waals surface area contributed by atoms with Crippen LogP contribution in [0.2, 0.25) is 0 Å². The van der Waals surface area contributed by atoms with Crippen LogP contribution in [0.15, 0.2) is 18.2 Å². The lowest BCUT2D eigenvalue weighted by Crippen LogP contribution is -2.23. The normalized spacial score (nSPS) is 12.5. The summed E-state index contributed by atoms with van der Waals surface area (Å²) in [6.07, 6.45) is 1.04. The van der Waals surface area contributed by atoms with Gasteiger partial charge in [0, 0.05) is 6.42 Å². The Morgan fingerprint density at radius 1 is 1.37 bits per heavy atom. The van der Waals surface area contributed by atoms with Gasteiger partial charge in [0.05, 0.1) is 5.69 Å². The first kappa shape index (κ1) is 15.6. The van der Waals surface area contributed by atoms with Crippen LogP contribution in [0.1, 0.15) is 26.7 Å².